The third-order valence-corrected chi connectivity index (χ3v) is 3.04. The summed E-state index contributed by atoms with van der Waals surface area (Å²) in [5, 5.41) is 9.47. The van der Waals surface area contributed by atoms with Gasteiger partial charge in [-0.1, -0.05) is 13.8 Å². The molecule has 1 aromatic rings. The number of amides is 1. The number of nitrogens with zero attached hydrogens (tertiary/aromatic N) is 3. The van der Waals surface area contributed by atoms with Crippen LogP contribution in [0.3, 0.4) is 0 Å². The van der Waals surface area contributed by atoms with Crippen molar-refractivity contribution in [2.24, 2.45) is 21.9 Å². The maximum atomic E-state index is 11.9. The molecular weight excluding hydrogens is 276 g/mol. The van der Waals surface area contributed by atoms with Gasteiger partial charge in [-0.25, -0.2) is 15.4 Å². The number of allylic oxidation sites excluding steroid dienone is 1. The highest BCUT2D eigenvalue weighted by molar-refractivity contribution is 8.01. The Balaban J connectivity index is 2.96. The second kappa shape index (κ2) is 7.61. The largest absolute Gasteiger partial charge is 0.401 e. The lowest BCUT2D eigenvalue weighted by atomic mass is 10.1. The normalized spacial score (nSPS) is 13.2. The minimum atomic E-state index is -0.452. The van der Waals surface area contributed by atoms with Crippen molar-refractivity contribution >= 4 is 23.6 Å². The second-order valence-electron chi connectivity index (χ2n) is 4.30. The lowest BCUT2D eigenvalue weighted by Gasteiger charge is -2.09. The van der Waals surface area contributed by atoms with E-state index in [1.807, 2.05) is 13.8 Å². The fraction of sp³-hybridized carbons (Fsp3) is 0.333. The zero-order valence-corrected chi connectivity index (χ0v) is 12.4. The van der Waals surface area contributed by atoms with Gasteiger partial charge in [-0.2, -0.15) is 5.10 Å². The van der Waals surface area contributed by atoms with E-state index < -0.39 is 5.91 Å². The van der Waals surface area contributed by atoms with Gasteiger partial charge in [0.05, 0.1) is 0 Å². The zero-order valence-electron chi connectivity index (χ0n) is 11.6. The second-order valence-corrected chi connectivity index (χ2v) is 4.94. The molecule has 0 aliphatic rings. The van der Waals surface area contributed by atoms with Crippen molar-refractivity contribution in [3.8, 4) is 0 Å². The number of hydrazone groups is 1. The van der Waals surface area contributed by atoms with E-state index in [0.717, 1.165) is 11.9 Å². The molecule has 0 saturated heterocycles. The number of nitrogens with two attached hydrogens (primary N) is 2. The molecule has 5 N–H and O–H groups in total. The molecular formula is C12H18N6OS. The molecule has 0 aliphatic carbocycles. The van der Waals surface area contributed by atoms with Crippen LogP contribution in [0.4, 0.5) is 0 Å². The van der Waals surface area contributed by atoms with E-state index in [0.29, 0.717) is 17.2 Å². The van der Waals surface area contributed by atoms with Crippen LogP contribution in [0.2, 0.25) is 0 Å². The molecule has 0 atom stereocenters. The minimum Gasteiger partial charge on any atom is -0.401 e. The fourth-order valence-corrected chi connectivity index (χ4v) is 1.69. The van der Waals surface area contributed by atoms with Gasteiger partial charge in [0.15, 0.2) is 5.82 Å². The molecule has 0 unspecified atom stereocenters. The predicted molar refractivity (Wildman–Crippen MR) is 80.2 cm³/mol. The Morgan fingerprint density at radius 3 is 2.45 bits per heavy atom. The van der Waals surface area contributed by atoms with Crippen molar-refractivity contribution in [2.75, 3.05) is 0 Å². The molecule has 7 nitrogen and oxygen atoms in total. The molecule has 1 heterocycles. The first-order chi connectivity index (χ1) is 9.47. The first-order valence-electron chi connectivity index (χ1n) is 5.95. The highest BCUT2D eigenvalue weighted by Crippen LogP contribution is 2.11. The minimum absolute atomic E-state index is 0.0506. The Hall–Kier alpha value is -1.93. The first kappa shape index (κ1) is 16.1. The summed E-state index contributed by atoms with van der Waals surface area (Å²) in [4.78, 5) is 20.3. The van der Waals surface area contributed by atoms with Crippen LogP contribution in [0.25, 0.3) is 0 Å². The van der Waals surface area contributed by atoms with E-state index in [2.05, 4.69) is 20.5 Å². The highest BCUT2D eigenvalue weighted by Gasteiger charge is 2.14. The molecule has 0 radical (unpaired) electrons. The van der Waals surface area contributed by atoms with Gasteiger partial charge in [0.2, 0.25) is 0 Å². The van der Waals surface area contributed by atoms with Crippen molar-refractivity contribution in [3.05, 3.63) is 34.9 Å². The number of rotatable bonds is 5. The van der Waals surface area contributed by atoms with E-state index in [4.69, 9.17) is 10.9 Å². The molecule has 0 saturated carbocycles. The molecule has 108 valence electrons. The summed E-state index contributed by atoms with van der Waals surface area (Å²) in [6.45, 7) is 5.47. The number of hydrogen-bond acceptors (Lipinski definition) is 7. The number of carbonyl (C=O) groups excluding carboxylic acids is 1. The number of nitrogens with one attached hydrogen (secondary N) is 1. The Labute approximate surface area is 122 Å². The quantitative estimate of drug-likeness (QED) is 0.319. The summed E-state index contributed by atoms with van der Waals surface area (Å²) in [7, 11) is 0. The average molecular weight is 294 g/mol. The maximum absolute atomic E-state index is 11.9. The van der Waals surface area contributed by atoms with E-state index in [9.17, 15) is 4.79 Å². The molecule has 8 heteroatoms. The van der Waals surface area contributed by atoms with Gasteiger partial charge in [-0.05, 0) is 24.9 Å². The van der Waals surface area contributed by atoms with Crippen LogP contribution in [0.1, 0.15) is 26.6 Å². The van der Waals surface area contributed by atoms with Gasteiger partial charge in [0.1, 0.15) is 10.6 Å². The summed E-state index contributed by atoms with van der Waals surface area (Å²) in [5.41, 5.74) is 8.91. The standard InChI is InChI=1S/C12H18N6OS/c1-7(2)9(11-15-5-4-6-16-11)17-18-12(19)10(20-14)8(3)13/h4-7H,13-14H2,1-3H3,(H,18,19)/b10-8-,17-9+. The fourth-order valence-electron chi connectivity index (χ4n) is 1.36. The molecule has 0 bridgehead atoms. The summed E-state index contributed by atoms with van der Waals surface area (Å²) < 4.78 is 0. The lowest BCUT2D eigenvalue weighted by molar-refractivity contribution is -0.116. The number of carbonyl (C=O) groups is 1. The maximum Gasteiger partial charge on any atom is 0.280 e. The van der Waals surface area contributed by atoms with Crippen LogP contribution in [-0.4, -0.2) is 21.6 Å². The molecule has 0 spiro atoms. The molecule has 1 aromatic heterocycles. The van der Waals surface area contributed by atoms with Crippen molar-refractivity contribution in [1.82, 2.24) is 15.4 Å². The zero-order chi connectivity index (χ0) is 15.1. The van der Waals surface area contributed by atoms with Crippen LogP contribution < -0.4 is 16.3 Å². The van der Waals surface area contributed by atoms with Crippen LogP contribution in [-0.2, 0) is 4.79 Å². The third-order valence-electron chi connectivity index (χ3n) is 2.30. The Bertz CT molecular complexity index is 522. The SMILES string of the molecule is C/C(N)=C(/SN)C(=O)N/N=C(/c1ncccn1)C(C)C. The van der Waals surface area contributed by atoms with Gasteiger partial charge in [-0.3, -0.25) is 9.93 Å². The highest BCUT2D eigenvalue weighted by atomic mass is 32.2. The Morgan fingerprint density at radius 2 is 2.00 bits per heavy atom. The van der Waals surface area contributed by atoms with E-state index in [-0.39, 0.29) is 10.8 Å². The van der Waals surface area contributed by atoms with E-state index >= 15 is 0 Å². The summed E-state index contributed by atoms with van der Waals surface area (Å²) in [5.74, 6) is 0.0689. The summed E-state index contributed by atoms with van der Waals surface area (Å²) >= 11 is 0.784. The Kier molecular flexibility index (Phi) is 6.13. The summed E-state index contributed by atoms with van der Waals surface area (Å²) in [6.07, 6.45) is 3.24. The summed E-state index contributed by atoms with van der Waals surface area (Å²) in [6, 6.07) is 1.71. The smallest absolute Gasteiger partial charge is 0.280 e. The molecule has 0 aliphatic heterocycles. The van der Waals surface area contributed by atoms with E-state index in [1.54, 1.807) is 25.4 Å². The van der Waals surface area contributed by atoms with Gasteiger partial charge >= 0.3 is 0 Å². The molecule has 20 heavy (non-hydrogen) atoms. The van der Waals surface area contributed by atoms with Gasteiger partial charge in [0, 0.05) is 24.0 Å². The average Bonchev–Trinajstić information content (AvgIpc) is 2.40. The monoisotopic (exact) mass is 294 g/mol. The van der Waals surface area contributed by atoms with Crippen molar-refractivity contribution in [1.29, 1.82) is 0 Å². The first-order valence-corrected chi connectivity index (χ1v) is 6.83. The third kappa shape index (κ3) is 4.32. The predicted octanol–water partition coefficient (Wildman–Crippen LogP) is 0.750. The number of hydrogen-bond donors (Lipinski definition) is 3. The van der Waals surface area contributed by atoms with Crippen LogP contribution >= 0.6 is 11.9 Å². The Morgan fingerprint density at radius 1 is 1.40 bits per heavy atom. The molecule has 1 amide bonds. The number of aromatic nitrogens is 2. The van der Waals surface area contributed by atoms with E-state index in [1.165, 1.54) is 0 Å². The molecule has 0 aromatic carbocycles. The van der Waals surface area contributed by atoms with Crippen LogP contribution in [0.5, 0.6) is 0 Å². The van der Waals surface area contributed by atoms with Crippen molar-refractivity contribution in [3.63, 3.8) is 0 Å². The van der Waals surface area contributed by atoms with Crippen LogP contribution in [0.15, 0.2) is 34.2 Å². The van der Waals surface area contributed by atoms with Gasteiger partial charge in [0.25, 0.3) is 5.91 Å². The lowest BCUT2D eigenvalue weighted by Crippen LogP contribution is -2.25. The van der Waals surface area contributed by atoms with Gasteiger partial charge < -0.3 is 5.73 Å². The van der Waals surface area contributed by atoms with Crippen LogP contribution in [0, 0.1) is 5.92 Å². The molecule has 0 fully saturated rings. The van der Waals surface area contributed by atoms with Crippen molar-refractivity contribution in [2.45, 2.75) is 20.8 Å². The van der Waals surface area contributed by atoms with Crippen molar-refractivity contribution < 1.29 is 4.79 Å². The topological polar surface area (TPSA) is 119 Å². The van der Waals surface area contributed by atoms with Gasteiger partial charge in [-0.15, -0.1) is 0 Å². The molecule has 1 rings (SSSR count).